The standard InChI is InChI=1S/C25H16N4/c1-2-4-16(3-1)25-23-11-9-21(28-23)14-19-7-5-17(26-19)13-18-6-8-20(27-18)15-22-10-12-24(25)29-22/h1-3,5-15,26-27H. The fraction of sp³-hybridized carbons (Fsp3) is 0. The fourth-order valence-electron chi connectivity index (χ4n) is 3.77. The highest BCUT2D eigenvalue weighted by molar-refractivity contribution is 5.90. The Balaban J connectivity index is 1.73. The Bertz CT molecular complexity index is 1390. The molecule has 0 aromatic carbocycles. The minimum absolute atomic E-state index is 0.899. The van der Waals surface area contributed by atoms with Gasteiger partial charge in [0.2, 0.25) is 0 Å². The fourth-order valence-corrected chi connectivity index (χ4v) is 3.77. The molecule has 5 heterocycles. The molecule has 4 nitrogen and oxygen atoms in total. The van der Waals surface area contributed by atoms with Crippen molar-refractivity contribution in [2.45, 2.75) is 0 Å². The van der Waals surface area contributed by atoms with Crippen LogP contribution in [0.3, 0.4) is 0 Å². The lowest BCUT2D eigenvalue weighted by atomic mass is 10.0. The van der Waals surface area contributed by atoms with Crippen LogP contribution in [0.25, 0.3) is 51.9 Å². The number of hydrogen-bond acceptors (Lipinski definition) is 2. The Morgan fingerprint density at radius 2 is 1.17 bits per heavy atom. The Kier molecular flexibility index (Phi) is 3.39. The summed E-state index contributed by atoms with van der Waals surface area (Å²) in [4.78, 5) is 16.6. The van der Waals surface area contributed by atoms with E-state index in [1.807, 2.05) is 42.5 Å². The lowest BCUT2D eigenvalue weighted by Gasteiger charge is -2.01. The van der Waals surface area contributed by atoms with E-state index < -0.39 is 0 Å². The van der Waals surface area contributed by atoms with Crippen molar-refractivity contribution in [2.24, 2.45) is 0 Å². The molecule has 0 saturated heterocycles. The average molecular weight is 372 g/mol. The van der Waals surface area contributed by atoms with Crippen LogP contribution in [0.4, 0.5) is 0 Å². The third-order valence-corrected chi connectivity index (χ3v) is 5.08. The number of H-pyrrole nitrogens is 2. The van der Waals surface area contributed by atoms with Gasteiger partial charge in [-0.1, -0.05) is 6.08 Å². The van der Waals surface area contributed by atoms with Crippen molar-refractivity contribution in [1.82, 2.24) is 19.9 Å². The number of hydrogen-bond donors (Lipinski definition) is 2. The second kappa shape index (κ2) is 6.20. The first-order valence-corrected chi connectivity index (χ1v) is 9.51. The first-order chi connectivity index (χ1) is 14.3. The van der Waals surface area contributed by atoms with Gasteiger partial charge in [0.05, 0.1) is 22.8 Å². The topological polar surface area (TPSA) is 57.4 Å². The first-order valence-electron chi connectivity index (χ1n) is 9.51. The van der Waals surface area contributed by atoms with Gasteiger partial charge in [-0.2, -0.15) is 0 Å². The largest absolute Gasteiger partial charge is 0.355 e. The maximum Gasteiger partial charge on any atom is 0.0744 e. The summed E-state index contributed by atoms with van der Waals surface area (Å²) >= 11 is 0. The molecule has 3 aromatic rings. The zero-order valence-corrected chi connectivity index (χ0v) is 15.5. The van der Waals surface area contributed by atoms with Gasteiger partial charge in [-0.15, -0.1) is 5.73 Å². The molecule has 6 rings (SSSR count). The van der Waals surface area contributed by atoms with Crippen LogP contribution in [0.15, 0.2) is 66.4 Å². The Labute approximate surface area is 167 Å². The summed E-state index contributed by atoms with van der Waals surface area (Å²) in [6.07, 6.45) is 14.1. The number of rotatable bonds is 1. The van der Waals surface area contributed by atoms with Gasteiger partial charge in [0, 0.05) is 33.2 Å². The molecule has 2 aliphatic heterocycles. The number of aromatic amines is 2. The van der Waals surface area contributed by atoms with E-state index in [1.54, 1.807) is 0 Å². The van der Waals surface area contributed by atoms with Gasteiger partial charge in [0.1, 0.15) is 0 Å². The van der Waals surface area contributed by atoms with Crippen molar-refractivity contribution in [1.29, 1.82) is 0 Å². The van der Waals surface area contributed by atoms with E-state index in [4.69, 9.17) is 9.97 Å². The third kappa shape index (κ3) is 2.89. The molecule has 0 spiro atoms. The molecule has 3 aromatic heterocycles. The third-order valence-electron chi connectivity index (χ3n) is 5.08. The second-order valence-electron chi connectivity index (χ2n) is 7.14. The van der Waals surface area contributed by atoms with Crippen molar-refractivity contribution in [2.75, 3.05) is 0 Å². The van der Waals surface area contributed by atoms with Crippen LogP contribution in [0.2, 0.25) is 0 Å². The van der Waals surface area contributed by atoms with Gasteiger partial charge < -0.3 is 9.97 Å². The summed E-state index contributed by atoms with van der Waals surface area (Å²) in [6, 6.07) is 14.5. The van der Waals surface area contributed by atoms with Gasteiger partial charge in [-0.05, 0) is 78.9 Å². The van der Waals surface area contributed by atoms with Crippen molar-refractivity contribution >= 4 is 51.9 Å². The summed E-state index contributed by atoms with van der Waals surface area (Å²) in [5.74, 6) is 0. The summed E-state index contributed by atoms with van der Waals surface area (Å²) < 4.78 is 0. The van der Waals surface area contributed by atoms with E-state index in [0.717, 1.165) is 56.0 Å². The van der Waals surface area contributed by atoms with Crippen LogP contribution in [0.5, 0.6) is 0 Å². The molecule has 0 fully saturated rings. The maximum atomic E-state index is 4.86. The van der Waals surface area contributed by atoms with Crippen LogP contribution in [-0.4, -0.2) is 19.9 Å². The SMILES string of the molecule is C1=CC=CC=1c1c2nc(cc3ccc(cc4ccc(cc5nc1C=C5)[nH]4)[nH]3)C=C2. The first kappa shape index (κ1) is 15.9. The smallest absolute Gasteiger partial charge is 0.0744 e. The van der Waals surface area contributed by atoms with E-state index in [1.165, 1.54) is 0 Å². The molecule has 0 atom stereocenters. The highest BCUT2D eigenvalue weighted by Crippen LogP contribution is 2.29. The van der Waals surface area contributed by atoms with Crippen molar-refractivity contribution in [3.8, 4) is 0 Å². The lowest BCUT2D eigenvalue weighted by molar-refractivity contribution is 1.26. The van der Waals surface area contributed by atoms with Gasteiger partial charge in [0.25, 0.3) is 0 Å². The van der Waals surface area contributed by atoms with E-state index in [9.17, 15) is 0 Å². The highest BCUT2D eigenvalue weighted by atomic mass is 14.8. The monoisotopic (exact) mass is 372 g/mol. The molecule has 3 aliphatic rings. The van der Waals surface area contributed by atoms with E-state index >= 15 is 0 Å². The van der Waals surface area contributed by atoms with Gasteiger partial charge in [-0.25, -0.2) is 9.97 Å². The predicted molar refractivity (Wildman–Crippen MR) is 119 cm³/mol. The van der Waals surface area contributed by atoms with E-state index in [-0.39, 0.29) is 0 Å². The normalized spacial score (nSPS) is 14.0. The van der Waals surface area contributed by atoms with Crippen LogP contribution in [0.1, 0.15) is 28.3 Å². The minimum atomic E-state index is 0.899. The number of aromatic nitrogens is 4. The highest BCUT2D eigenvalue weighted by Gasteiger charge is 2.15. The van der Waals surface area contributed by atoms with Crippen LogP contribution < -0.4 is 0 Å². The summed E-state index contributed by atoms with van der Waals surface area (Å²) in [6.45, 7) is 0. The summed E-state index contributed by atoms with van der Waals surface area (Å²) in [5.41, 5.74) is 13.0. The quantitative estimate of drug-likeness (QED) is 0.367. The molecule has 2 N–H and O–H groups in total. The maximum absolute atomic E-state index is 4.86. The number of nitrogens with zero attached hydrogens (tertiary/aromatic N) is 2. The van der Waals surface area contributed by atoms with Crippen molar-refractivity contribution in [3.05, 3.63) is 94.8 Å². The van der Waals surface area contributed by atoms with E-state index in [2.05, 4.69) is 58.2 Å². The molecule has 8 bridgehead atoms. The zero-order valence-electron chi connectivity index (χ0n) is 15.5. The molecule has 1 aliphatic carbocycles. The van der Waals surface area contributed by atoms with Crippen LogP contribution >= 0.6 is 0 Å². The zero-order chi connectivity index (χ0) is 19.2. The Morgan fingerprint density at radius 1 is 0.621 bits per heavy atom. The molecule has 136 valence electrons. The number of fused-ring (bicyclic) bond motifs is 8. The summed E-state index contributed by atoms with van der Waals surface area (Å²) in [5, 5.41) is 0. The molecular weight excluding hydrogens is 356 g/mol. The molecular formula is C25H16N4. The van der Waals surface area contributed by atoms with Crippen molar-refractivity contribution < 1.29 is 0 Å². The lowest BCUT2D eigenvalue weighted by Crippen LogP contribution is -1.91. The van der Waals surface area contributed by atoms with Crippen LogP contribution in [0, 0.1) is 0 Å². The molecule has 4 heteroatoms. The van der Waals surface area contributed by atoms with Gasteiger partial charge in [0.15, 0.2) is 0 Å². The molecule has 0 unspecified atom stereocenters. The molecule has 0 saturated carbocycles. The van der Waals surface area contributed by atoms with E-state index in [0.29, 0.717) is 0 Å². The Morgan fingerprint density at radius 3 is 1.69 bits per heavy atom. The summed E-state index contributed by atoms with van der Waals surface area (Å²) in [7, 11) is 0. The van der Waals surface area contributed by atoms with Crippen molar-refractivity contribution in [3.63, 3.8) is 0 Å². The Hall–Kier alpha value is -4.14. The second-order valence-corrected chi connectivity index (χ2v) is 7.14. The molecule has 29 heavy (non-hydrogen) atoms. The number of nitrogens with one attached hydrogen (secondary N) is 2. The predicted octanol–water partition coefficient (Wildman–Crippen LogP) is 5.76. The molecule has 0 amide bonds. The van der Waals surface area contributed by atoms with Gasteiger partial charge >= 0.3 is 0 Å². The molecule has 0 radical (unpaired) electrons. The average Bonchev–Trinajstić information content (AvgIpc) is 3.51. The van der Waals surface area contributed by atoms with Crippen LogP contribution in [-0.2, 0) is 0 Å². The van der Waals surface area contributed by atoms with Gasteiger partial charge in [-0.3, -0.25) is 0 Å². The minimum Gasteiger partial charge on any atom is -0.355 e. The number of allylic oxidation sites excluding steroid dienone is 3.